The molecule has 0 saturated heterocycles. The van der Waals surface area contributed by atoms with Gasteiger partial charge in [-0.1, -0.05) is 41.9 Å². The SMILES string of the molecule is Clc1ccccc1CNc1cccc(Cn2cccn2)c1. The van der Waals surface area contributed by atoms with E-state index in [-0.39, 0.29) is 0 Å². The highest BCUT2D eigenvalue weighted by Gasteiger charge is 2.00. The van der Waals surface area contributed by atoms with Crippen molar-refractivity contribution in [1.82, 2.24) is 9.78 Å². The molecule has 2 aromatic carbocycles. The molecule has 1 N–H and O–H groups in total. The van der Waals surface area contributed by atoms with Crippen LogP contribution in [0.3, 0.4) is 0 Å². The first-order valence-corrected chi connectivity index (χ1v) is 7.23. The first kappa shape index (κ1) is 13.7. The van der Waals surface area contributed by atoms with Crippen LogP contribution in [0.15, 0.2) is 67.0 Å². The van der Waals surface area contributed by atoms with Gasteiger partial charge in [-0.3, -0.25) is 4.68 Å². The van der Waals surface area contributed by atoms with Crippen LogP contribution < -0.4 is 5.32 Å². The lowest BCUT2D eigenvalue weighted by molar-refractivity contribution is 0.687. The molecule has 0 aliphatic carbocycles. The number of nitrogens with one attached hydrogen (secondary N) is 1. The Kier molecular flexibility index (Phi) is 4.22. The molecule has 1 aromatic heterocycles. The summed E-state index contributed by atoms with van der Waals surface area (Å²) in [6.07, 6.45) is 3.75. The van der Waals surface area contributed by atoms with Crippen molar-refractivity contribution in [2.45, 2.75) is 13.1 Å². The predicted molar refractivity (Wildman–Crippen MR) is 86.5 cm³/mol. The second-order valence-electron chi connectivity index (χ2n) is 4.85. The summed E-state index contributed by atoms with van der Waals surface area (Å²) < 4.78 is 1.91. The van der Waals surface area contributed by atoms with Crippen molar-refractivity contribution in [1.29, 1.82) is 0 Å². The number of hydrogen-bond acceptors (Lipinski definition) is 2. The lowest BCUT2D eigenvalue weighted by Gasteiger charge is -2.10. The third-order valence-corrected chi connectivity index (χ3v) is 3.64. The highest BCUT2D eigenvalue weighted by molar-refractivity contribution is 6.31. The normalized spacial score (nSPS) is 10.5. The molecule has 3 rings (SSSR count). The van der Waals surface area contributed by atoms with Crippen LogP contribution in [0, 0.1) is 0 Å². The lowest BCUT2D eigenvalue weighted by atomic mass is 10.2. The van der Waals surface area contributed by atoms with Crippen molar-refractivity contribution in [3.8, 4) is 0 Å². The van der Waals surface area contributed by atoms with E-state index in [1.54, 1.807) is 6.20 Å². The zero-order valence-electron chi connectivity index (χ0n) is 11.5. The average Bonchev–Trinajstić information content (AvgIpc) is 3.00. The van der Waals surface area contributed by atoms with Gasteiger partial charge in [-0.2, -0.15) is 5.10 Å². The Labute approximate surface area is 129 Å². The quantitative estimate of drug-likeness (QED) is 0.765. The molecular formula is C17H16ClN3. The molecule has 0 fully saturated rings. The Morgan fingerprint density at radius 2 is 1.95 bits per heavy atom. The van der Waals surface area contributed by atoms with E-state index in [2.05, 4.69) is 28.6 Å². The van der Waals surface area contributed by atoms with Crippen LogP contribution in [0.25, 0.3) is 0 Å². The molecule has 0 unspecified atom stereocenters. The number of anilines is 1. The van der Waals surface area contributed by atoms with E-state index in [0.29, 0.717) is 6.54 Å². The minimum absolute atomic E-state index is 0.713. The smallest absolute Gasteiger partial charge is 0.0660 e. The molecule has 3 aromatic rings. The maximum Gasteiger partial charge on any atom is 0.0660 e. The minimum Gasteiger partial charge on any atom is -0.381 e. The summed E-state index contributed by atoms with van der Waals surface area (Å²) in [7, 11) is 0. The predicted octanol–water partition coefficient (Wildman–Crippen LogP) is 4.20. The van der Waals surface area contributed by atoms with E-state index in [1.165, 1.54) is 5.56 Å². The minimum atomic E-state index is 0.713. The van der Waals surface area contributed by atoms with Gasteiger partial charge in [0.25, 0.3) is 0 Å². The van der Waals surface area contributed by atoms with Gasteiger partial charge in [0.05, 0.1) is 6.54 Å². The van der Waals surface area contributed by atoms with Crippen molar-refractivity contribution < 1.29 is 0 Å². The second-order valence-corrected chi connectivity index (χ2v) is 5.26. The van der Waals surface area contributed by atoms with Gasteiger partial charge in [-0.25, -0.2) is 0 Å². The van der Waals surface area contributed by atoms with Crippen molar-refractivity contribution in [3.05, 3.63) is 83.1 Å². The molecule has 0 saturated carbocycles. The number of nitrogens with zero attached hydrogens (tertiary/aromatic N) is 2. The van der Waals surface area contributed by atoms with Gasteiger partial charge in [0.15, 0.2) is 0 Å². The first-order valence-electron chi connectivity index (χ1n) is 6.85. The zero-order chi connectivity index (χ0) is 14.5. The van der Waals surface area contributed by atoms with Gasteiger partial charge in [0, 0.05) is 29.6 Å². The van der Waals surface area contributed by atoms with Gasteiger partial charge < -0.3 is 5.32 Å². The molecule has 21 heavy (non-hydrogen) atoms. The van der Waals surface area contributed by atoms with E-state index in [0.717, 1.165) is 22.8 Å². The monoisotopic (exact) mass is 297 g/mol. The summed E-state index contributed by atoms with van der Waals surface area (Å²) in [5.41, 5.74) is 3.39. The van der Waals surface area contributed by atoms with Gasteiger partial charge in [0.1, 0.15) is 0 Å². The molecule has 0 spiro atoms. The van der Waals surface area contributed by atoms with Crippen LogP contribution in [0.1, 0.15) is 11.1 Å². The third-order valence-electron chi connectivity index (χ3n) is 3.27. The Hall–Kier alpha value is -2.26. The molecule has 0 radical (unpaired) electrons. The van der Waals surface area contributed by atoms with Crippen LogP contribution in [0.4, 0.5) is 5.69 Å². The van der Waals surface area contributed by atoms with Crippen molar-refractivity contribution >= 4 is 17.3 Å². The van der Waals surface area contributed by atoms with E-state index in [9.17, 15) is 0 Å². The van der Waals surface area contributed by atoms with Crippen LogP contribution in [-0.4, -0.2) is 9.78 Å². The average molecular weight is 298 g/mol. The summed E-state index contributed by atoms with van der Waals surface area (Å²) in [5, 5.41) is 8.42. The molecule has 3 nitrogen and oxygen atoms in total. The Morgan fingerprint density at radius 3 is 2.76 bits per heavy atom. The third kappa shape index (κ3) is 3.64. The molecule has 0 aliphatic heterocycles. The van der Waals surface area contributed by atoms with Gasteiger partial charge in [-0.15, -0.1) is 0 Å². The van der Waals surface area contributed by atoms with E-state index < -0.39 is 0 Å². The highest BCUT2D eigenvalue weighted by atomic mass is 35.5. The molecule has 4 heteroatoms. The molecule has 1 heterocycles. The number of hydrogen-bond donors (Lipinski definition) is 1. The first-order chi connectivity index (χ1) is 10.3. The largest absolute Gasteiger partial charge is 0.381 e. The fourth-order valence-corrected chi connectivity index (χ4v) is 2.40. The van der Waals surface area contributed by atoms with Gasteiger partial charge in [0.2, 0.25) is 0 Å². The van der Waals surface area contributed by atoms with Crippen LogP contribution >= 0.6 is 11.6 Å². The molecular weight excluding hydrogens is 282 g/mol. The highest BCUT2D eigenvalue weighted by Crippen LogP contribution is 2.18. The van der Waals surface area contributed by atoms with Gasteiger partial charge in [-0.05, 0) is 35.4 Å². The number of aromatic nitrogens is 2. The second kappa shape index (κ2) is 6.46. The van der Waals surface area contributed by atoms with E-state index >= 15 is 0 Å². The fourth-order valence-electron chi connectivity index (χ4n) is 2.20. The van der Waals surface area contributed by atoms with E-state index in [4.69, 9.17) is 11.6 Å². The van der Waals surface area contributed by atoms with Gasteiger partial charge >= 0.3 is 0 Å². The lowest BCUT2D eigenvalue weighted by Crippen LogP contribution is -2.03. The molecule has 0 aliphatic rings. The van der Waals surface area contributed by atoms with E-state index in [1.807, 2.05) is 47.3 Å². The standard InChI is InChI=1S/C17H16ClN3/c18-17-8-2-1-6-15(17)12-19-16-7-3-5-14(11-16)13-21-10-4-9-20-21/h1-11,19H,12-13H2. The van der Waals surface area contributed by atoms with Crippen molar-refractivity contribution in [3.63, 3.8) is 0 Å². The molecule has 0 amide bonds. The number of halogens is 1. The van der Waals surface area contributed by atoms with Crippen molar-refractivity contribution in [2.75, 3.05) is 5.32 Å². The number of benzene rings is 2. The summed E-state index contributed by atoms with van der Waals surface area (Å²) in [6, 6.07) is 18.2. The summed E-state index contributed by atoms with van der Waals surface area (Å²) in [6.45, 7) is 1.49. The topological polar surface area (TPSA) is 29.9 Å². The summed E-state index contributed by atoms with van der Waals surface area (Å²) >= 11 is 6.16. The van der Waals surface area contributed by atoms with Crippen LogP contribution in [0.5, 0.6) is 0 Å². The summed E-state index contributed by atoms with van der Waals surface area (Å²) in [4.78, 5) is 0. The Morgan fingerprint density at radius 1 is 1.05 bits per heavy atom. The summed E-state index contributed by atoms with van der Waals surface area (Å²) in [5.74, 6) is 0. The zero-order valence-corrected chi connectivity index (χ0v) is 12.3. The molecule has 106 valence electrons. The van der Waals surface area contributed by atoms with Crippen LogP contribution in [-0.2, 0) is 13.1 Å². The number of rotatable bonds is 5. The Bertz CT molecular complexity index is 708. The molecule has 0 atom stereocenters. The fraction of sp³-hybridized carbons (Fsp3) is 0.118. The maximum atomic E-state index is 6.16. The van der Waals surface area contributed by atoms with Crippen LogP contribution in [0.2, 0.25) is 5.02 Å². The molecule has 0 bridgehead atoms. The van der Waals surface area contributed by atoms with Crippen molar-refractivity contribution in [2.24, 2.45) is 0 Å². The Balaban J connectivity index is 1.67. The maximum absolute atomic E-state index is 6.16.